The van der Waals surface area contributed by atoms with Crippen LogP contribution in [0.5, 0.6) is 0 Å². The standard InChI is InChI=1S/C21H41NO/c1-5-6-7-8-9-10-11-12-13-14-15-16-17-18-20(4)22-21(23)19(2)3/h20H,2,5-18H2,1,3-4H3,(H,22,23). The average Bonchev–Trinajstić information content (AvgIpc) is 2.51. The summed E-state index contributed by atoms with van der Waals surface area (Å²) in [4.78, 5) is 11.5. The predicted octanol–water partition coefficient (Wildman–Crippen LogP) is 6.55. The van der Waals surface area contributed by atoms with Crippen LogP contribution in [0.1, 0.15) is 111 Å². The van der Waals surface area contributed by atoms with E-state index in [2.05, 4.69) is 25.7 Å². The number of rotatable bonds is 16. The lowest BCUT2D eigenvalue weighted by atomic mass is 10.0. The first-order chi connectivity index (χ1) is 11.1. The molecular weight excluding hydrogens is 282 g/mol. The number of carbonyl (C=O) groups excluding carboxylic acids is 1. The molecule has 0 aromatic carbocycles. The second-order valence-corrected chi connectivity index (χ2v) is 7.19. The van der Waals surface area contributed by atoms with Crippen molar-refractivity contribution in [2.24, 2.45) is 0 Å². The zero-order valence-electron chi connectivity index (χ0n) is 16.1. The van der Waals surface area contributed by atoms with Crippen molar-refractivity contribution in [2.45, 2.75) is 117 Å². The summed E-state index contributed by atoms with van der Waals surface area (Å²) in [6.45, 7) is 9.78. The maximum absolute atomic E-state index is 11.5. The lowest BCUT2D eigenvalue weighted by Gasteiger charge is -2.13. The third kappa shape index (κ3) is 15.9. The fourth-order valence-corrected chi connectivity index (χ4v) is 2.89. The minimum absolute atomic E-state index is 0.00723. The molecule has 0 radical (unpaired) electrons. The average molecular weight is 324 g/mol. The number of hydrogen-bond acceptors (Lipinski definition) is 1. The van der Waals surface area contributed by atoms with Crippen LogP contribution in [0.4, 0.5) is 0 Å². The Morgan fingerprint density at radius 3 is 1.61 bits per heavy atom. The molecule has 23 heavy (non-hydrogen) atoms. The zero-order valence-corrected chi connectivity index (χ0v) is 16.1. The molecule has 136 valence electrons. The van der Waals surface area contributed by atoms with E-state index in [-0.39, 0.29) is 11.9 Å². The molecule has 2 nitrogen and oxygen atoms in total. The lowest BCUT2D eigenvalue weighted by molar-refractivity contribution is -0.118. The van der Waals surface area contributed by atoms with Crippen LogP contribution in [0.3, 0.4) is 0 Å². The smallest absolute Gasteiger partial charge is 0.246 e. The van der Waals surface area contributed by atoms with Crippen LogP contribution in [0.15, 0.2) is 12.2 Å². The molecule has 0 saturated heterocycles. The molecule has 1 N–H and O–H groups in total. The number of nitrogens with one attached hydrogen (secondary N) is 1. The molecule has 0 fully saturated rings. The number of hydrogen-bond donors (Lipinski definition) is 1. The Kier molecular flexibility index (Phi) is 15.5. The van der Waals surface area contributed by atoms with Crippen molar-refractivity contribution in [3.05, 3.63) is 12.2 Å². The van der Waals surface area contributed by atoms with Crippen molar-refractivity contribution < 1.29 is 4.79 Å². The SMILES string of the molecule is C=C(C)C(=O)NC(C)CCCCCCCCCCCCCCC. The first kappa shape index (κ1) is 22.2. The van der Waals surface area contributed by atoms with Gasteiger partial charge in [0.1, 0.15) is 0 Å². The third-order valence-corrected chi connectivity index (χ3v) is 4.51. The van der Waals surface area contributed by atoms with Gasteiger partial charge in [0.2, 0.25) is 5.91 Å². The van der Waals surface area contributed by atoms with Gasteiger partial charge in [-0.15, -0.1) is 0 Å². The zero-order chi connectivity index (χ0) is 17.3. The topological polar surface area (TPSA) is 29.1 Å². The minimum Gasteiger partial charge on any atom is -0.350 e. The van der Waals surface area contributed by atoms with Gasteiger partial charge in [0, 0.05) is 11.6 Å². The van der Waals surface area contributed by atoms with E-state index in [0.29, 0.717) is 5.57 Å². The maximum Gasteiger partial charge on any atom is 0.246 e. The fourth-order valence-electron chi connectivity index (χ4n) is 2.89. The molecule has 0 spiro atoms. The van der Waals surface area contributed by atoms with Crippen LogP contribution in [0.2, 0.25) is 0 Å². The largest absolute Gasteiger partial charge is 0.350 e. The monoisotopic (exact) mass is 323 g/mol. The van der Waals surface area contributed by atoms with Crippen LogP contribution >= 0.6 is 0 Å². The van der Waals surface area contributed by atoms with Crippen LogP contribution in [-0.2, 0) is 4.79 Å². The van der Waals surface area contributed by atoms with E-state index in [0.717, 1.165) is 6.42 Å². The van der Waals surface area contributed by atoms with Gasteiger partial charge in [0.15, 0.2) is 0 Å². The predicted molar refractivity (Wildman–Crippen MR) is 103 cm³/mol. The molecule has 0 aromatic heterocycles. The molecule has 2 heteroatoms. The molecule has 0 aliphatic carbocycles. The van der Waals surface area contributed by atoms with E-state index in [4.69, 9.17) is 0 Å². The summed E-state index contributed by atoms with van der Waals surface area (Å²) in [5.74, 6) is -0.00723. The van der Waals surface area contributed by atoms with Crippen molar-refractivity contribution >= 4 is 5.91 Å². The van der Waals surface area contributed by atoms with Crippen molar-refractivity contribution in [3.63, 3.8) is 0 Å². The van der Waals surface area contributed by atoms with E-state index in [1.54, 1.807) is 6.92 Å². The van der Waals surface area contributed by atoms with Crippen molar-refractivity contribution in [2.75, 3.05) is 0 Å². The summed E-state index contributed by atoms with van der Waals surface area (Å²) >= 11 is 0. The summed E-state index contributed by atoms with van der Waals surface area (Å²) in [5.41, 5.74) is 0.599. The quantitative estimate of drug-likeness (QED) is 0.253. The Morgan fingerprint density at radius 1 is 0.826 bits per heavy atom. The Hall–Kier alpha value is -0.790. The van der Waals surface area contributed by atoms with Gasteiger partial charge in [-0.1, -0.05) is 97.0 Å². The van der Waals surface area contributed by atoms with E-state index < -0.39 is 0 Å². The summed E-state index contributed by atoms with van der Waals surface area (Å²) in [5, 5.41) is 2.98. The first-order valence-corrected chi connectivity index (χ1v) is 10.0. The van der Waals surface area contributed by atoms with Gasteiger partial charge in [0.05, 0.1) is 0 Å². The molecule has 0 aliphatic heterocycles. The van der Waals surface area contributed by atoms with Crippen molar-refractivity contribution in [3.8, 4) is 0 Å². The van der Waals surface area contributed by atoms with E-state index in [9.17, 15) is 4.79 Å². The van der Waals surface area contributed by atoms with Gasteiger partial charge < -0.3 is 5.32 Å². The molecule has 0 rings (SSSR count). The summed E-state index contributed by atoms with van der Waals surface area (Å²) in [6.07, 6.45) is 19.1. The Balaban J connectivity index is 3.21. The number of unbranched alkanes of at least 4 members (excludes halogenated alkanes) is 12. The van der Waals surface area contributed by atoms with Crippen LogP contribution in [0, 0.1) is 0 Å². The molecule has 0 aliphatic rings. The molecular formula is C21H41NO. The molecule has 0 heterocycles. The molecule has 0 bridgehead atoms. The van der Waals surface area contributed by atoms with Crippen molar-refractivity contribution in [1.29, 1.82) is 0 Å². The normalized spacial score (nSPS) is 12.1. The van der Waals surface area contributed by atoms with E-state index in [1.807, 2.05) is 0 Å². The van der Waals surface area contributed by atoms with E-state index >= 15 is 0 Å². The van der Waals surface area contributed by atoms with Gasteiger partial charge in [-0.25, -0.2) is 0 Å². The van der Waals surface area contributed by atoms with Crippen molar-refractivity contribution in [1.82, 2.24) is 5.32 Å². The van der Waals surface area contributed by atoms with Crippen LogP contribution < -0.4 is 5.32 Å². The molecule has 1 amide bonds. The van der Waals surface area contributed by atoms with E-state index in [1.165, 1.54) is 83.5 Å². The highest BCUT2D eigenvalue weighted by Gasteiger charge is 2.06. The first-order valence-electron chi connectivity index (χ1n) is 10.0. The molecule has 1 atom stereocenters. The highest BCUT2D eigenvalue weighted by Crippen LogP contribution is 2.13. The molecule has 0 saturated carbocycles. The Morgan fingerprint density at radius 2 is 1.22 bits per heavy atom. The summed E-state index contributed by atoms with van der Waals surface area (Å²) < 4.78 is 0. The van der Waals surface area contributed by atoms with Crippen LogP contribution in [-0.4, -0.2) is 11.9 Å². The van der Waals surface area contributed by atoms with Crippen LogP contribution in [0.25, 0.3) is 0 Å². The van der Waals surface area contributed by atoms with Gasteiger partial charge >= 0.3 is 0 Å². The third-order valence-electron chi connectivity index (χ3n) is 4.51. The molecule has 1 unspecified atom stereocenters. The second-order valence-electron chi connectivity index (χ2n) is 7.19. The Bertz CT molecular complexity index is 298. The second kappa shape index (κ2) is 16.1. The summed E-state index contributed by atoms with van der Waals surface area (Å²) in [7, 11) is 0. The van der Waals surface area contributed by atoms with Gasteiger partial charge in [-0.3, -0.25) is 4.79 Å². The van der Waals surface area contributed by atoms with Gasteiger partial charge in [0.25, 0.3) is 0 Å². The number of carbonyl (C=O) groups is 1. The minimum atomic E-state index is -0.00723. The number of amides is 1. The highest BCUT2D eigenvalue weighted by atomic mass is 16.1. The molecule has 0 aromatic rings. The van der Waals surface area contributed by atoms with Gasteiger partial charge in [-0.05, 0) is 20.3 Å². The Labute approximate surface area is 145 Å². The maximum atomic E-state index is 11.5. The van der Waals surface area contributed by atoms with Gasteiger partial charge in [-0.2, -0.15) is 0 Å². The lowest BCUT2D eigenvalue weighted by Crippen LogP contribution is -2.32. The summed E-state index contributed by atoms with van der Waals surface area (Å²) in [6, 6.07) is 0.270. The highest BCUT2D eigenvalue weighted by molar-refractivity contribution is 5.92. The fraction of sp³-hybridized carbons (Fsp3) is 0.857.